The maximum Gasteiger partial charge on any atom is 0.283 e. The highest BCUT2D eigenvalue weighted by Crippen LogP contribution is 2.28. The zero-order valence-corrected chi connectivity index (χ0v) is 13.1. The number of nitrogens with zero attached hydrogens (tertiary/aromatic N) is 3. The normalized spacial score (nSPS) is 11.0. The van der Waals surface area contributed by atoms with E-state index in [0.29, 0.717) is 11.5 Å². The molecule has 1 N–H and O–H groups in total. The SMILES string of the molecule is Cc1c(Cl)c(C(F)F)nn1CC(=O)Nc1ccc(Br)cn1. The molecule has 0 saturated carbocycles. The van der Waals surface area contributed by atoms with Crippen molar-refractivity contribution < 1.29 is 13.6 Å². The standard InChI is InChI=1S/C12H10BrClF2N4O/c1-6-10(14)11(12(15)16)19-20(6)5-9(21)18-8-3-2-7(13)4-17-8/h2-4,12H,5H2,1H3,(H,17,18,21). The predicted octanol–water partition coefficient (Wildman–Crippen LogP) is 3.58. The Morgan fingerprint density at radius 2 is 2.24 bits per heavy atom. The van der Waals surface area contributed by atoms with E-state index in [4.69, 9.17) is 11.6 Å². The molecule has 5 nitrogen and oxygen atoms in total. The highest BCUT2D eigenvalue weighted by molar-refractivity contribution is 9.10. The minimum Gasteiger partial charge on any atom is -0.309 e. The lowest BCUT2D eigenvalue weighted by Crippen LogP contribution is -2.20. The molecule has 0 atom stereocenters. The van der Waals surface area contributed by atoms with Crippen molar-refractivity contribution in [2.45, 2.75) is 19.9 Å². The van der Waals surface area contributed by atoms with Crippen LogP contribution in [0.25, 0.3) is 0 Å². The number of anilines is 1. The van der Waals surface area contributed by atoms with E-state index in [9.17, 15) is 13.6 Å². The Balaban J connectivity index is 2.09. The zero-order chi connectivity index (χ0) is 15.6. The summed E-state index contributed by atoms with van der Waals surface area (Å²) in [5, 5.41) is 6.07. The largest absolute Gasteiger partial charge is 0.309 e. The minimum atomic E-state index is -2.78. The van der Waals surface area contributed by atoms with Gasteiger partial charge in [0.05, 0.1) is 10.7 Å². The van der Waals surface area contributed by atoms with E-state index in [-0.39, 0.29) is 11.6 Å². The van der Waals surface area contributed by atoms with Crippen LogP contribution in [0.4, 0.5) is 14.6 Å². The summed E-state index contributed by atoms with van der Waals surface area (Å²) < 4.78 is 27.2. The van der Waals surface area contributed by atoms with E-state index in [2.05, 4.69) is 31.3 Å². The Morgan fingerprint density at radius 3 is 2.76 bits per heavy atom. The topological polar surface area (TPSA) is 59.8 Å². The molecular weight excluding hydrogens is 370 g/mol. The second-order valence-electron chi connectivity index (χ2n) is 4.15. The molecular formula is C12H10BrClF2N4O. The van der Waals surface area contributed by atoms with Crippen LogP contribution in [-0.2, 0) is 11.3 Å². The number of carbonyl (C=O) groups is 1. The highest BCUT2D eigenvalue weighted by Gasteiger charge is 2.21. The summed E-state index contributed by atoms with van der Waals surface area (Å²) in [4.78, 5) is 15.8. The minimum absolute atomic E-state index is 0.125. The van der Waals surface area contributed by atoms with Crippen LogP contribution in [0, 0.1) is 6.92 Å². The summed E-state index contributed by atoms with van der Waals surface area (Å²) in [6.07, 6.45) is -1.26. The first-order valence-corrected chi connectivity index (χ1v) is 6.98. The summed E-state index contributed by atoms with van der Waals surface area (Å²) in [7, 11) is 0. The molecule has 0 bridgehead atoms. The average Bonchev–Trinajstić information content (AvgIpc) is 2.70. The fourth-order valence-electron chi connectivity index (χ4n) is 1.61. The van der Waals surface area contributed by atoms with Crippen LogP contribution in [0.15, 0.2) is 22.8 Å². The van der Waals surface area contributed by atoms with Crippen LogP contribution in [-0.4, -0.2) is 20.7 Å². The Labute approximate surface area is 132 Å². The molecule has 0 unspecified atom stereocenters. The molecule has 0 aromatic carbocycles. The van der Waals surface area contributed by atoms with Crippen molar-refractivity contribution in [3.8, 4) is 0 Å². The van der Waals surface area contributed by atoms with E-state index in [1.165, 1.54) is 13.1 Å². The number of hydrogen-bond donors (Lipinski definition) is 1. The number of aromatic nitrogens is 3. The summed E-state index contributed by atoms with van der Waals surface area (Å²) >= 11 is 8.98. The Kier molecular flexibility index (Phi) is 4.89. The third-order valence-electron chi connectivity index (χ3n) is 2.65. The summed E-state index contributed by atoms with van der Waals surface area (Å²) in [6, 6.07) is 3.32. The first-order valence-electron chi connectivity index (χ1n) is 5.81. The van der Waals surface area contributed by atoms with Crippen LogP contribution in [0.3, 0.4) is 0 Å². The monoisotopic (exact) mass is 378 g/mol. The van der Waals surface area contributed by atoms with Gasteiger partial charge in [0.15, 0.2) is 0 Å². The quantitative estimate of drug-likeness (QED) is 0.883. The second kappa shape index (κ2) is 6.48. The third kappa shape index (κ3) is 3.76. The number of amides is 1. The van der Waals surface area contributed by atoms with Crippen molar-refractivity contribution in [2.24, 2.45) is 0 Å². The van der Waals surface area contributed by atoms with E-state index in [1.807, 2.05) is 0 Å². The highest BCUT2D eigenvalue weighted by atomic mass is 79.9. The number of pyridine rings is 1. The first-order chi connectivity index (χ1) is 9.88. The van der Waals surface area contributed by atoms with Crippen LogP contribution >= 0.6 is 27.5 Å². The van der Waals surface area contributed by atoms with Crippen LogP contribution < -0.4 is 5.32 Å². The molecule has 2 heterocycles. The maximum atomic E-state index is 12.7. The molecule has 21 heavy (non-hydrogen) atoms. The molecule has 2 aromatic heterocycles. The number of alkyl halides is 2. The molecule has 0 aliphatic heterocycles. The lowest BCUT2D eigenvalue weighted by molar-refractivity contribution is -0.117. The van der Waals surface area contributed by atoms with Crippen molar-refractivity contribution in [3.63, 3.8) is 0 Å². The van der Waals surface area contributed by atoms with E-state index < -0.39 is 18.0 Å². The molecule has 2 aromatic rings. The average molecular weight is 380 g/mol. The van der Waals surface area contributed by atoms with Gasteiger partial charge in [-0.3, -0.25) is 9.48 Å². The number of nitrogens with one attached hydrogen (secondary N) is 1. The molecule has 0 radical (unpaired) electrons. The van der Waals surface area contributed by atoms with Crippen molar-refractivity contribution in [3.05, 3.63) is 39.2 Å². The van der Waals surface area contributed by atoms with Gasteiger partial charge in [0.2, 0.25) is 5.91 Å². The van der Waals surface area contributed by atoms with Crippen LogP contribution in [0.5, 0.6) is 0 Å². The number of rotatable bonds is 4. The molecule has 9 heteroatoms. The second-order valence-corrected chi connectivity index (χ2v) is 5.45. The summed E-state index contributed by atoms with van der Waals surface area (Å²) in [6.45, 7) is 1.29. The van der Waals surface area contributed by atoms with Crippen LogP contribution in [0.1, 0.15) is 17.8 Å². The van der Waals surface area contributed by atoms with Gasteiger partial charge in [0, 0.05) is 10.7 Å². The lowest BCUT2D eigenvalue weighted by Gasteiger charge is -2.06. The Hall–Kier alpha value is -1.54. The van der Waals surface area contributed by atoms with Crippen LogP contribution in [0.2, 0.25) is 5.02 Å². The molecule has 0 saturated heterocycles. The smallest absolute Gasteiger partial charge is 0.283 e. The van der Waals surface area contributed by atoms with Crippen molar-refractivity contribution in [1.82, 2.24) is 14.8 Å². The van der Waals surface area contributed by atoms with Gasteiger partial charge in [-0.2, -0.15) is 5.10 Å². The van der Waals surface area contributed by atoms with Crippen molar-refractivity contribution in [1.29, 1.82) is 0 Å². The molecule has 0 fully saturated rings. The zero-order valence-electron chi connectivity index (χ0n) is 10.8. The van der Waals surface area contributed by atoms with Gasteiger partial charge in [-0.25, -0.2) is 13.8 Å². The Morgan fingerprint density at radius 1 is 1.52 bits per heavy atom. The molecule has 0 aliphatic carbocycles. The predicted molar refractivity (Wildman–Crippen MR) is 77.5 cm³/mol. The maximum absolute atomic E-state index is 12.7. The van der Waals surface area contributed by atoms with Gasteiger partial charge in [-0.15, -0.1) is 0 Å². The molecule has 2 rings (SSSR count). The fraction of sp³-hybridized carbons (Fsp3) is 0.250. The molecule has 0 spiro atoms. The van der Waals surface area contributed by atoms with Gasteiger partial charge in [0.25, 0.3) is 6.43 Å². The van der Waals surface area contributed by atoms with Crippen molar-refractivity contribution >= 4 is 39.3 Å². The number of hydrogen-bond acceptors (Lipinski definition) is 3. The van der Waals surface area contributed by atoms with Gasteiger partial charge in [0.1, 0.15) is 18.1 Å². The molecule has 1 amide bonds. The van der Waals surface area contributed by atoms with Gasteiger partial charge in [-0.05, 0) is 35.0 Å². The summed E-state index contributed by atoms with van der Waals surface area (Å²) in [5.74, 6) is -0.0823. The fourth-order valence-corrected chi connectivity index (χ4v) is 2.06. The molecule has 112 valence electrons. The lowest BCUT2D eigenvalue weighted by atomic mass is 10.4. The third-order valence-corrected chi connectivity index (χ3v) is 3.59. The Bertz CT molecular complexity index is 660. The van der Waals surface area contributed by atoms with Gasteiger partial charge in [-0.1, -0.05) is 11.6 Å². The first kappa shape index (κ1) is 15.8. The van der Waals surface area contributed by atoms with Gasteiger partial charge < -0.3 is 5.32 Å². The molecule has 0 aliphatic rings. The van der Waals surface area contributed by atoms with Crippen molar-refractivity contribution in [2.75, 3.05) is 5.32 Å². The number of carbonyl (C=O) groups excluding carboxylic acids is 1. The van der Waals surface area contributed by atoms with E-state index >= 15 is 0 Å². The van der Waals surface area contributed by atoms with E-state index in [1.54, 1.807) is 12.1 Å². The summed E-state index contributed by atoms with van der Waals surface area (Å²) in [5.41, 5.74) is -0.213. The van der Waals surface area contributed by atoms with E-state index in [0.717, 1.165) is 9.15 Å². The van der Waals surface area contributed by atoms with Gasteiger partial charge >= 0.3 is 0 Å². The number of halogens is 4.